The Morgan fingerprint density at radius 3 is 2.55 bits per heavy atom. The summed E-state index contributed by atoms with van der Waals surface area (Å²) in [5.41, 5.74) is 9.32. The van der Waals surface area contributed by atoms with Crippen molar-refractivity contribution in [1.82, 2.24) is 0 Å². The molecule has 1 aromatic rings. The number of hydrogen-bond acceptors (Lipinski definition) is 2. The van der Waals surface area contributed by atoms with E-state index in [-0.39, 0.29) is 11.5 Å². The van der Waals surface area contributed by atoms with E-state index in [0.29, 0.717) is 5.41 Å². The Morgan fingerprint density at radius 1 is 1.20 bits per heavy atom. The summed E-state index contributed by atoms with van der Waals surface area (Å²) in [6.45, 7) is 12.3. The molecule has 112 valence electrons. The van der Waals surface area contributed by atoms with Crippen LogP contribution in [0.25, 0.3) is 0 Å². The molecule has 0 amide bonds. The van der Waals surface area contributed by atoms with Gasteiger partial charge in [0.15, 0.2) is 0 Å². The van der Waals surface area contributed by atoms with E-state index in [1.54, 1.807) is 0 Å². The number of nitrogens with two attached hydrogens (primary N) is 1. The van der Waals surface area contributed by atoms with Gasteiger partial charge in [0.2, 0.25) is 0 Å². The van der Waals surface area contributed by atoms with Crippen LogP contribution in [-0.2, 0) is 5.41 Å². The van der Waals surface area contributed by atoms with Crippen LogP contribution >= 0.6 is 0 Å². The number of benzene rings is 1. The van der Waals surface area contributed by atoms with Gasteiger partial charge in [0.1, 0.15) is 5.75 Å². The van der Waals surface area contributed by atoms with E-state index >= 15 is 0 Å². The van der Waals surface area contributed by atoms with Crippen LogP contribution in [0, 0.1) is 5.41 Å². The fourth-order valence-electron chi connectivity index (χ4n) is 3.46. The third-order valence-corrected chi connectivity index (χ3v) is 4.08. The molecule has 1 atom stereocenters. The summed E-state index contributed by atoms with van der Waals surface area (Å²) in [6, 6.07) is 6.71. The zero-order valence-electron chi connectivity index (χ0n) is 13.6. The lowest BCUT2D eigenvalue weighted by Crippen LogP contribution is -2.25. The molecule has 0 bridgehead atoms. The summed E-state index contributed by atoms with van der Waals surface area (Å²) < 4.78 is 5.81. The van der Waals surface area contributed by atoms with Crippen molar-refractivity contribution < 1.29 is 4.74 Å². The minimum Gasteiger partial charge on any atom is -0.493 e. The van der Waals surface area contributed by atoms with Crippen LogP contribution in [-0.4, -0.2) is 6.61 Å². The molecule has 0 radical (unpaired) electrons. The van der Waals surface area contributed by atoms with E-state index in [2.05, 4.69) is 52.8 Å². The molecule has 0 spiro atoms. The first-order chi connectivity index (χ1) is 9.19. The SMILES string of the molecule is CC(C)(C)CC(C)(C)c1ccc2c(c1)[C@@H](N)CCCO2. The van der Waals surface area contributed by atoms with Crippen molar-refractivity contribution in [2.24, 2.45) is 11.1 Å². The van der Waals surface area contributed by atoms with Crippen LogP contribution < -0.4 is 10.5 Å². The molecule has 1 aliphatic rings. The Kier molecular flexibility index (Phi) is 4.15. The molecule has 0 aliphatic carbocycles. The highest BCUT2D eigenvalue weighted by atomic mass is 16.5. The maximum atomic E-state index is 6.31. The minimum absolute atomic E-state index is 0.109. The largest absolute Gasteiger partial charge is 0.493 e. The fraction of sp³-hybridized carbons (Fsp3) is 0.667. The number of fused-ring (bicyclic) bond motifs is 1. The average Bonchev–Trinajstić information content (AvgIpc) is 2.48. The lowest BCUT2D eigenvalue weighted by molar-refractivity contribution is 0.283. The summed E-state index contributed by atoms with van der Waals surface area (Å²) in [7, 11) is 0. The van der Waals surface area contributed by atoms with Crippen LogP contribution in [0.2, 0.25) is 0 Å². The molecule has 0 aromatic heterocycles. The smallest absolute Gasteiger partial charge is 0.124 e. The van der Waals surface area contributed by atoms with Crippen LogP contribution in [0.1, 0.15) is 71.0 Å². The van der Waals surface area contributed by atoms with Gasteiger partial charge in [0, 0.05) is 11.6 Å². The Hall–Kier alpha value is -1.02. The van der Waals surface area contributed by atoms with Crippen molar-refractivity contribution >= 4 is 0 Å². The standard InChI is InChI=1S/C18H29NO/c1-17(2,3)12-18(4,5)13-8-9-16-14(11-13)15(19)7-6-10-20-16/h8-9,11,15H,6-7,10,12,19H2,1-5H3/t15-/m0/s1. The van der Waals surface area contributed by atoms with E-state index in [1.165, 1.54) is 11.1 Å². The summed E-state index contributed by atoms with van der Waals surface area (Å²) in [6.07, 6.45) is 3.20. The van der Waals surface area contributed by atoms with E-state index in [0.717, 1.165) is 31.6 Å². The molecule has 20 heavy (non-hydrogen) atoms. The van der Waals surface area contributed by atoms with Crippen LogP contribution in [0.15, 0.2) is 18.2 Å². The molecule has 0 saturated carbocycles. The second-order valence-corrected chi connectivity index (χ2v) is 7.97. The average molecular weight is 275 g/mol. The Balaban J connectivity index is 2.34. The van der Waals surface area contributed by atoms with Crippen molar-refractivity contribution in [2.75, 3.05) is 6.61 Å². The van der Waals surface area contributed by atoms with Gasteiger partial charge in [-0.25, -0.2) is 0 Å². The second-order valence-electron chi connectivity index (χ2n) is 7.97. The van der Waals surface area contributed by atoms with Crippen molar-refractivity contribution in [2.45, 2.75) is 65.3 Å². The highest BCUT2D eigenvalue weighted by molar-refractivity contribution is 5.42. The van der Waals surface area contributed by atoms with Gasteiger partial charge in [-0.3, -0.25) is 0 Å². The van der Waals surface area contributed by atoms with Gasteiger partial charge in [-0.1, -0.05) is 40.7 Å². The van der Waals surface area contributed by atoms with Gasteiger partial charge in [-0.2, -0.15) is 0 Å². The quantitative estimate of drug-likeness (QED) is 0.858. The van der Waals surface area contributed by atoms with Crippen molar-refractivity contribution in [3.8, 4) is 5.75 Å². The van der Waals surface area contributed by atoms with Crippen molar-refractivity contribution in [3.05, 3.63) is 29.3 Å². The molecular formula is C18H29NO. The minimum atomic E-state index is 0.109. The molecule has 0 fully saturated rings. The zero-order valence-corrected chi connectivity index (χ0v) is 13.6. The maximum Gasteiger partial charge on any atom is 0.124 e. The highest BCUT2D eigenvalue weighted by Gasteiger charge is 2.28. The monoisotopic (exact) mass is 275 g/mol. The Morgan fingerprint density at radius 2 is 1.90 bits per heavy atom. The lowest BCUT2D eigenvalue weighted by Gasteiger charge is -2.33. The molecule has 1 aromatic carbocycles. The summed E-state index contributed by atoms with van der Waals surface area (Å²) >= 11 is 0. The fourth-order valence-corrected chi connectivity index (χ4v) is 3.46. The third-order valence-electron chi connectivity index (χ3n) is 4.08. The summed E-state index contributed by atoms with van der Waals surface area (Å²) in [5, 5.41) is 0. The second kappa shape index (κ2) is 5.40. The summed E-state index contributed by atoms with van der Waals surface area (Å²) in [5.74, 6) is 0.977. The van der Waals surface area contributed by atoms with Crippen LogP contribution in [0.4, 0.5) is 0 Å². The molecular weight excluding hydrogens is 246 g/mol. The van der Waals surface area contributed by atoms with E-state index in [9.17, 15) is 0 Å². The number of rotatable bonds is 2. The normalized spacial score (nSPS) is 20.0. The van der Waals surface area contributed by atoms with Gasteiger partial charge in [0.05, 0.1) is 6.61 Å². The zero-order chi connectivity index (χ0) is 15.0. The van der Waals surface area contributed by atoms with Crippen LogP contribution in [0.3, 0.4) is 0 Å². The van der Waals surface area contributed by atoms with Gasteiger partial charge in [-0.15, -0.1) is 0 Å². The number of ether oxygens (including phenoxy) is 1. The molecule has 0 unspecified atom stereocenters. The molecule has 2 rings (SSSR count). The number of hydrogen-bond donors (Lipinski definition) is 1. The molecule has 0 saturated heterocycles. The van der Waals surface area contributed by atoms with Gasteiger partial charge in [-0.05, 0) is 47.8 Å². The predicted octanol–water partition coefficient (Wildman–Crippen LogP) is 4.57. The Labute approximate surface area is 123 Å². The van der Waals surface area contributed by atoms with E-state index in [4.69, 9.17) is 10.5 Å². The van der Waals surface area contributed by atoms with Gasteiger partial charge >= 0.3 is 0 Å². The first-order valence-electron chi connectivity index (χ1n) is 7.72. The van der Waals surface area contributed by atoms with Crippen LogP contribution in [0.5, 0.6) is 5.75 Å². The lowest BCUT2D eigenvalue weighted by atomic mass is 9.72. The van der Waals surface area contributed by atoms with Gasteiger partial charge in [0.25, 0.3) is 0 Å². The van der Waals surface area contributed by atoms with E-state index < -0.39 is 0 Å². The van der Waals surface area contributed by atoms with E-state index in [1.807, 2.05) is 0 Å². The molecule has 2 nitrogen and oxygen atoms in total. The Bertz CT molecular complexity index is 471. The van der Waals surface area contributed by atoms with Gasteiger partial charge < -0.3 is 10.5 Å². The molecule has 1 aliphatic heterocycles. The molecule has 2 N–H and O–H groups in total. The first kappa shape index (κ1) is 15.4. The first-order valence-corrected chi connectivity index (χ1v) is 7.72. The van der Waals surface area contributed by atoms with Crippen molar-refractivity contribution in [1.29, 1.82) is 0 Å². The topological polar surface area (TPSA) is 35.2 Å². The highest BCUT2D eigenvalue weighted by Crippen LogP contribution is 2.39. The maximum absolute atomic E-state index is 6.31. The summed E-state index contributed by atoms with van der Waals surface area (Å²) in [4.78, 5) is 0. The molecule has 1 heterocycles. The molecule has 2 heteroatoms. The predicted molar refractivity (Wildman–Crippen MR) is 85.2 cm³/mol. The van der Waals surface area contributed by atoms with Crippen molar-refractivity contribution in [3.63, 3.8) is 0 Å². The third kappa shape index (κ3) is 3.54.